The molecular formula is C17H25FN2O3S. The van der Waals surface area contributed by atoms with Gasteiger partial charge in [0.1, 0.15) is 5.82 Å². The van der Waals surface area contributed by atoms with Gasteiger partial charge in [0, 0.05) is 12.5 Å². The summed E-state index contributed by atoms with van der Waals surface area (Å²) in [6.07, 6.45) is 3.92. The van der Waals surface area contributed by atoms with Gasteiger partial charge in [0.05, 0.1) is 10.1 Å². The molecule has 1 aromatic rings. The smallest absolute Gasteiger partial charge is 0.221 e. The molecule has 0 spiro atoms. The van der Waals surface area contributed by atoms with E-state index in [1.807, 2.05) is 0 Å². The Morgan fingerprint density at radius 1 is 1.29 bits per heavy atom. The van der Waals surface area contributed by atoms with E-state index in [0.717, 1.165) is 37.8 Å². The second-order valence-corrected chi connectivity index (χ2v) is 8.83. The van der Waals surface area contributed by atoms with Gasteiger partial charge in [0.15, 0.2) is 9.84 Å². The van der Waals surface area contributed by atoms with Gasteiger partial charge in [-0.25, -0.2) is 12.8 Å². The van der Waals surface area contributed by atoms with Crippen molar-refractivity contribution in [3.63, 3.8) is 0 Å². The average Bonchev–Trinajstić information content (AvgIpc) is 2.55. The summed E-state index contributed by atoms with van der Waals surface area (Å²) in [6, 6.07) is 4.69. The molecule has 0 radical (unpaired) electrons. The Kier molecular flexibility index (Phi) is 6.34. The summed E-state index contributed by atoms with van der Waals surface area (Å²) in [5.41, 5.74) is 5.75. The molecule has 1 aliphatic rings. The molecule has 0 aromatic heterocycles. The SMILES string of the molecule is CC(CC(=O)NC1CCCCC1CN)S(=O)(=O)c1ccc(F)cc1. The van der Waals surface area contributed by atoms with E-state index in [1.165, 1.54) is 19.1 Å². The fourth-order valence-corrected chi connectivity index (χ4v) is 4.52. The molecule has 0 heterocycles. The minimum Gasteiger partial charge on any atom is -0.353 e. The molecule has 0 saturated heterocycles. The largest absolute Gasteiger partial charge is 0.353 e. The Labute approximate surface area is 142 Å². The van der Waals surface area contributed by atoms with Gasteiger partial charge in [-0.1, -0.05) is 12.8 Å². The standard InChI is InChI=1S/C17H25FN2O3S/c1-12(24(22,23)15-8-6-14(18)7-9-15)10-17(21)20-16-5-3-2-4-13(16)11-19/h6-9,12-13,16H,2-5,10-11,19H2,1H3,(H,20,21). The summed E-state index contributed by atoms with van der Waals surface area (Å²) in [7, 11) is -3.66. The van der Waals surface area contributed by atoms with Gasteiger partial charge in [0.2, 0.25) is 5.91 Å². The lowest BCUT2D eigenvalue weighted by molar-refractivity contribution is -0.122. The van der Waals surface area contributed by atoms with Crippen LogP contribution < -0.4 is 11.1 Å². The third-order valence-corrected chi connectivity index (χ3v) is 6.86. The van der Waals surface area contributed by atoms with Crippen LogP contribution in [0.5, 0.6) is 0 Å². The normalized spacial score (nSPS) is 22.8. The molecule has 1 fully saturated rings. The molecule has 134 valence electrons. The lowest BCUT2D eigenvalue weighted by Crippen LogP contribution is -2.45. The highest BCUT2D eigenvalue weighted by molar-refractivity contribution is 7.92. The molecular weight excluding hydrogens is 331 g/mol. The second-order valence-electron chi connectivity index (χ2n) is 6.47. The van der Waals surface area contributed by atoms with Crippen LogP contribution in [0.4, 0.5) is 4.39 Å². The third kappa shape index (κ3) is 4.54. The van der Waals surface area contributed by atoms with Crippen molar-refractivity contribution in [3.8, 4) is 0 Å². The number of nitrogens with two attached hydrogens (primary N) is 1. The van der Waals surface area contributed by atoms with Crippen LogP contribution in [-0.4, -0.2) is 32.2 Å². The quantitative estimate of drug-likeness (QED) is 0.763. The van der Waals surface area contributed by atoms with E-state index in [0.29, 0.717) is 6.54 Å². The van der Waals surface area contributed by atoms with E-state index in [2.05, 4.69) is 5.32 Å². The van der Waals surface area contributed by atoms with Crippen LogP contribution in [0.3, 0.4) is 0 Å². The molecule has 0 aliphatic heterocycles. The van der Waals surface area contributed by atoms with E-state index >= 15 is 0 Å². The average molecular weight is 356 g/mol. The first kappa shape index (κ1) is 18.9. The number of nitrogens with one attached hydrogen (secondary N) is 1. The molecule has 3 N–H and O–H groups in total. The van der Waals surface area contributed by atoms with Crippen LogP contribution in [0.1, 0.15) is 39.0 Å². The number of rotatable bonds is 6. The summed E-state index contributed by atoms with van der Waals surface area (Å²) < 4.78 is 37.9. The zero-order chi connectivity index (χ0) is 17.7. The predicted octanol–water partition coefficient (Wildman–Crippen LogP) is 2.01. The second kappa shape index (κ2) is 8.07. The Morgan fingerprint density at radius 3 is 2.54 bits per heavy atom. The van der Waals surface area contributed by atoms with Gasteiger partial charge in [-0.3, -0.25) is 4.79 Å². The lowest BCUT2D eigenvalue weighted by atomic mass is 9.84. The van der Waals surface area contributed by atoms with Crippen molar-refractivity contribution in [2.45, 2.75) is 55.2 Å². The summed E-state index contributed by atoms with van der Waals surface area (Å²) >= 11 is 0. The molecule has 1 amide bonds. The summed E-state index contributed by atoms with van der Waals surface area (Å²) in [6.45, 7) is 2.02. The summed E-state index contributed by atoms with van der Waals surface area (Å²) in [4.78, 5) is 12.3. The number of hydrogen-bond acceptors (Lipinski definition) is 4. The number of amides is 1. The fraction of sp³-hybridized carbons (Fsp3) is 0.588. The molecule has 1 saturated carbocycles. The van der Waals surface area contributed by atoms with Crippen molar-refractivity contribution in [2.24, 2.45) is 11.7 Å². The molecule has 3 atom stereocenters. The molecule has 1 aromatic carbocycles. The first-order chi connectivity index (χ1) is 11.3. The maximum absolute atomic E-state index is 12.9. The van der Waals surface area contributed by atoms with Crippen molar-refractivity contribution in [3.05, 3.63) is 30.1 Å². The van der Waals surface area contributed by atoms with Crippen LogP contribution in [-0.2, 0) is 14.6 Å². The van der Waals surface area contributed by atoms with Crippen LogP contribution in [0.25, 0.3) is 0 Å². The van der Waals surface area contributed by atoms with Crippen molar-refractivity contribution in [1.82, 2.24) is 5.32 Å². The fourth-order valence-electron chi connectivity index (χ4n) is 3.17. The number of carbonyl (C=O) groups is 1. The van der Waals surface area contributed by atoms with Gasteiger partial charge < -0.3 is 11.1 Å². The molecule has 5 nitrogen and oxygen atoms in total. The Balaban J connectivity index is 1.98. The van der Waals surface area contributed by atoms with Crippen LogP contribution >= 0.6 is 0 Å². The van der Waals surface area contributed by atoms with E-state index in [9.17, 15) is 17.6 Å². The van der Waals surface area contributed by atoms with E-state index in [-0.39, 0.29) is 29.2 Å². The summed E-state index contributed by atoms with van der Waals surface area (Å²) in [5, 5.41) is 2.07. The van der Waals surface area contributed by atoms with Crippen molar-refractivity contribution < 1.29 is 17.6 Å². The highest BCUT2D eigenvalue weighted by atomic mass is 32.2. The molecule has 2 rings (SSSR count). The molecule has 3 unspecified atom stereocenters. The Hall–Kier alpha value is -1.47. The molecule has 7 heteroatoms. The van der Waals surface area contributed by atoms with Gasteiger partial charge in [-0.05, 0) is 56.5 Å². The van der Waals surface area contributed by atoms with Crippen LogP contribution in [0.2, 0.25) is 0 Å². The van der Waals surface area contributed by atoms with Gasteiger partial charge in [-0.15, -0.1) is 0 Å². The van der Waals surface area contributed by atoms with Crippen LogP contribution in [0.15, 0.2) is 29.2 Å². The number of halogens is 1. The molecule has 24 heavy (non-hydrogen) atoms. The van der Waals surface area contributed by atoms with Gasteiger partial charge in [-0.2, -0.15) is 0 Å². The minimum atomic E-state index is -3.66. The lowest BCUT2D eigenvalue weighted by Gasteiger charge is -2.31. The predicted molar refractivity (Wildman–Crippen MR) is 90.6 cm³/mol. The van der Waals surface area contributed by atoms with Gasteiger partial charge in [0.25, 0.3) is 0 Å². The maximum atomic E-state index is 12.9. The summed E-state index contributed by atoms with van der Waals surface area (Å²) in [5.74, 6) is -0.519. The zero-order valence-electron chi connectivity index (χ0n) is 13.9. The van der Waals surface area contributed by atoms with Crippen molar-refractivity contribution in [1.29, 1.82) is 0 Å². The molecule has 1 aliphatic carbocycles. The number of sulfone groups is 1. The van der Waals surface area contributed by atoms with E-state index in [1.54, 1.807) is 0 Å². The van der Waals surface area contributed by atoms with E-state index < -0.39 is 20.9 Å². The number of benzene rings is 1. The third-order valence-electron chi connectivity index (χ3n) is 4.70. The Morgan fingerprint density at radius 2 is 1.92 bits per heavy atom. The zero-order valence-corrected chi connectivity index (χ0v) is 14.7. The van der Waals surface area contributed by atoms with E-state index in [4.69, 9.17) is 5.73 Å². The topological polar surface area (TPSA) is 89.3 Å². The van der Waals surface area contributed by atoms with Crippen molar-refractivity contribution in [2.75, 3.05) is 6.54 Å². The number of carbonyl (C=O) groups excluding carboxylic acids is 1. The first-order valence-electron chi connectivity index (χ1n) is 8.33. The monoisotopic (exact) mass is 356 g/mol. The first-order valence-corrected chi connectivity index (χ1v) is 9.88. The van der Waals surface area contributed by atoms with Crippen LogP contribution in [0, 0.1) is 11.7 Å². The Bertz CT molecular complexity index is 661. The maximum Gasteiger partial charge on any atom is 0.221 e. The highest BCUT2D eigenvalue weighted by Crippen LogP contribution is 2.24. The highest BCUT2D eigenvalue weighted by Gasteiger charge is 2.29. The van der Waals surface area contributed by atoms with Crippen molar-refractivity contribution >= 4 is 15.7 Å². The minimum absolute atomic E-state index is 0.0250. The number of hydrogen-bond donors (Lipinski definition) is 2. The van der Waals surface area contributed by atoms with Gasteiger partial charge >= 0.3 is 0 Å². The molecule has 0 bridgehead atoms.